The fourth-order valence-corrected chi connectivity index (χ4v) is 6.47. The zero-order valence-corrected chi connectivity index (χ0v) is 27.6. The summed E-state index contributed by atoms with van der Waals surface area (Å²) < 4.78 is 37.2. The van der Waals surface area contributed by atoms with Crippen LogP contribution in [0.25, 0.3) is 0 Å². The number of halogens is 3. The van der Waals surface area contributed by atoms with E-state index in [4.69, 9.17) is 25.2 Å². The van der Waals surface area contributed by atoms with Gasteiger partial charge in [-0.05, 0) is 108 Å². The van der Waals surface area contributed by atoms with E-state index in [1.54, 1.807) is 0 Å². The molecular weight excluding hydrogens is 625 g/mol. The molecule has 2 spiro atoms. The number of carboxylic acids is 1. The normalized spacial score (nSPS) is 19.2. The minimum atomic E-state index is -5.08. The lowest BCUT2D eigenvalue weighted by Gasteiger charge is -2.55. The first-order valence-corrected chi connectivity index (χ1v) is 16.1. The summed E-state index contributed by atoms with van der Waals surface area (Å²) in [6, 6.07) is 20.0. The molecule has 0 saturated carbocycles. The third kappa shape index (κ3) is 9.54. The minimum absolute atomic E-state index is 0.194. The van der Waals surface area contributed by atoms with E-state index in [1.165, 1.54) is 50.4 Å². The van der Waals surface area contributed by atoms with Gasteiger partial charge in [0.05, 0.1) is 23.3 Å². The SMILES string of the molecule is CC(C)(C)OC(=O)N1CCC2(CC1)CN(c1ccc(C#N)cc1)C2.N#Cc1ccc(N2CC3(CCNCC3)C2)cc1.O=C(O)C(F)(F)F. The van der Waals surface area contributed by atoms with Gasteiger partial charge in [0.1, 0.15) is 5.60 Å². The summed E-state index contributed by atoms with van der Waals surface area (Å²) in [6.45, 7) is 14.0. The molecule has 2 N–H and O–H groups in total. The van der Waals surface area contributed by atoms with Crippen LogP contribution in [0, 0.1) is 33.5 Å². The van der Waals surface area contributed by atoms with Crippen molar-refractivity contribution in [3.05, 3.63) is 59.7 Å². The van der Waals surface area contributed by atoms with Crippen molar-refractivity contribution >= 4 is 23.4 Å². The Morgan fingerprint density at radius 3 is 1.48 bits per heavy atom. The van der Waals surface area contributed by atoms with Crippen molar-refractivity contribution in [2.24, 2.45) is 10.8 Å². The lowest BCUT2D eigenvalue weighted by atomic mass is 9.72. The number of aliphatic carboxylic acids is 1. The molecule has 0 aromatic heterocycles. The first-order chi connectivity index (χ1) is 22.6. The van der Waals surface area contributed by atoms with Crippen LogP contribution in [0.15, 0.2) is 48.5 Å². The number of rotatable bonds is 2. The highest BCUT2D eigenvalue weighted by atomic mass is 19.4. The highest BCUT2D eigenvalue weighted by Gasteiger charge is 2.46. The molecule has 2 aromatic carbocycles. The van der Waals surface area contributed by atoms with Crippen LogP contribution in [0.3, 0.4) is 0 Å². The number of carboxylic acid groups (broad SMARTS) is 1. The Labute approximate surface area is 279 Å². The van der Waals surface area contributed by atoms with Crippen LogP contribution in [0.2, 0.25) is 0 Å². The second-order valence-corrected chi connectivity index (χ2v) is 14.0. The number of nitrogens with one attached hydrogen (secondary N) is 1. The lowest BCUT2D eigenvalue weighted by molar-refractivity contribution is -0.192. The van der Waals surface area contributed by atoms with Gasteiger partial charge in [0, 0.05) is 61.5 Å². The van der Waals surface area contributed by atoms with Gasteiger partial charge in [0.25, 0.3) is 0 Å². The van der Waals surface area contributed by atoms with Crippen molar-refractivity contribution in [3.8, 4) is 12.1 Å². The molecule has 258 valence electrons. The second kappa shape index (κ2) is 14.7. The topological polar surface area (TPSA) is 133 Å². The number of carbonyl (C=O) groups is 2. The van der Waals surface area contributed by atoms with Gasteiger partial charge in [0.2, 0.25) is 0 Å². The number of amides is 1. The number of ether oxygens (including phenoxy) is 1. The van der Waals surface area contributed by atoms with Crippen LogP contribution in [-0.4, -0.2) is 86.2 Å². The van der Waals surface area contributed by atoms with Gasteiger partial charge in [-0.15, -0.1) is 0 Å². The van der Waals surface area contributed by atoms with Gasteiger partial charge in [-0.25, -0.2) is 9.59 Å². The Morgan fingerprint density at radius 2 is 1.15 bits per heavy atom. The number of hydrogen-bond acceptors (Lipinski definition) is 8. The molecule has 4 saturated heterocycles. The Hall–Kier alpha value is -4.49. The summed E-state index contributed by atoms with van der Waals surface area (Å²) in [5.41, 5.74) is 4.33. The molecule has 1 amide bonds. The highest BCUT2D eigenvalue weighted by molar-refractivity contribution is 5.73. The summed E-state index contributed by atoms with van der Waals surface area (Å²) in [6.07, 6.45) is -0.613. The summed E-state index contributed by atoms with van der Waals surface area (Å²) in [7, 11) is 0. The molecule has 13 heteroatoms. The lowest BCUT2D eigenvalue weighted by Crippen LogP contribution is -2.61. The summed E-state index contributed by atoms with van der Waals surface area (Å²) in [5.74, 6) is -2.76. The van der Waals surface area contributed by atoms with Gasteiger partial charge < -0.3 is 29.9 Å². The van der Waals surface area contributed by atoms with Crippen molar-refractivity contribution in [1.29, 1.82) is 10.5 Å². The fourth-order valence-electron chi connectivity index (χ4n) is 6.47. The van der Waals surface area contributed by atoms with Gasteiger partial charge in [-0.3, -0.25) is 0 Å². The molecule has 4 aliphatic heterocycles. The van der Waals surface area contributed by atoms with E-state index in [0.29, 0.717) is 16.4 Å². The molecule has 2 aromatic rings. The maximum atomic E-state index is 12.1. The molecule has 48 heavy (non-hydrogen) atoms. The van der Waals surface area contributed by atoms with E-state index in [0.717, 1.165) is 44.6 Å². The van der Waals surface area contributed by atoms with Gasteiger partial charge in [-0.1, -0.05) is 0 Å². The zero-order valence-electron chi connectivity index (χ0n) is 27.6. The number of hydrogen-bond donors (Lipinski definition) is 2. The van der Waals surface area contributed by atoms with Crippen LogP contribution in [-0.2, 0) is 9.53 Å². The molecule has 0 radical (unpaired) electrons. The molecular formula is C35H43F3N6O4. The number of likely N-dealkylation sites (tertiary alicyclic amines) is 1. The number of nitriles is 2. The monoisotopic (exact) mass is 668 g/mol. The molecule has 0 atom stereocenters. The van der Waals surface area contributed by atoms with Gasteiger partial charge in [0.15, 0.2) is 0 Å². The standard InChI is InChI=1S/C19H25N3O2.C14H17N3.C2HF3O2/c1-18(2,3)24-17(23)21-10-8-19(9-11-21)13-22(14-19)16-6-4-15(12-20)5-7-16;15-9-12-1-3-13(4-2-12)17-10-14(11-17)5-7-16-8-6-14;3-2(4,5)1(6)7/h4-7H,8-11,13-14H2,1-3H3;1-4,16H,5-8,10-11H2;(H,6,7). The van der Waals surface area contributed by atoms with E-state index >= 15 is 0 Å². The van der Waals surface area contributed by atoms with Crippen LogP contribution in [0.5, 0.6) is 0 Å². The maximum Gasteiger partial charge on any atom is 0.490 e. The van der Waals surface area contributed by atoms with Crippen molar-refractivity contribution in [3.63, 3.8) is 0 Å². The largest absolute Gasteiger partial charge is 0.490 e. The summed E-state index contributed by atoms with van der Waals surface area (Å²) in [5, 5.41) is 28.2. The van der Waals surface area contributed by atoms with E-state index in [9.17, 15) is 18.0 Å². The molecule has 6 rings (SSSR count). The molecule has 10 nitrogen and oxygen atoms in total. The third-order valence-corrected chi connectivity index (χ3v) is 9.21. The van der Waals surface area contributed by atoms with E-state index in [-0.39, 0.29) is 6.09 Å². The Kier molecular flexibility index (Phi) is 11.2. The fraction of sp³-hybridized carbons (Fsp3) is 0.543. The highest BCUT2D eigenvalue weighted by Crippen LogP contribution is 2.43. The van der Waals surface area contributed by atoms with E-state index in [1.807, 2.05) is 62.1 Å². The van der Waals surface area contributed by atoms with E-state index in [2.05, 4.69) is 39.4 Å². The number of benzene rings is 2. The maximum absolute atomic E-state index is 12.1. The first-order valence-electron chi connectivity index (χ1n) is 16.1. The Balaban J connectivity index is 0.000000188. The Morgan fingerprint density at radius 1 is 0.771 bits per heavy atom. The number of alkyl halides is 3. The van der Waals surface area contributed by atoms with Crippen molar-refractivity contribution in [2.45, 2.75) is 58.2 Å². The van der Waals surface area contributed by atoms with Gasteiger partial charge >= 0.3 is 18.2 Å². The molecule has 4 fully saturated rings. The van der Waals surface area contributed by atoms with Crippen LogP contribution < -0.4 is 15.1 Å². The van der Waals surface area contributed by atoms with Crippen molar-refractivity contribution < 1.29 is 32.6 Å². The van der Waals surface area contributed by atoms with Crippen molar-refractivity contribution in [1.82, 2.24) is 10.2 Å². The number of carbonyl (C=O) groups excluding carboxylic acids is 1. The third-order valence-electron chi connectivity index (χ3n) is 9.21. The van der Waals surface area contributed by atoms with Crippen LogP contribution in [0.4, 0.5) is 29.3 Å². The van der Waals surface area contributed by atoms with Crippen LogP contribution in [0.1, 0.15) is 57.6 Å². The molecule has 0 bridgehead atoms. The second-order valence-electron chi connectivity index (χ2n) is 14.0. The first kappa shape index (κ1) is 36.3. The smallest absolute Gasteiger partial charge is 0.475 e. The zero-order chi connectivity index (χ0) is 35.2. The van der Waals surface area contributed by atoms with E-state index < -0.39 is 17.7 Å². The average molecular weight is 669 g/mol. The van der Waals surface area contributed by atoms with Crippen molar-refractivity contribution in [2.75, 3.05) is 62.2 Å². The molecule has 4 aliphatic rings. The molecule has 4 heterocycles. The molecule has 0 aliphatic carbocycles. The summed E-state index contributed by atoms with van der Waals surface area (Å²) in [4.78, 5) is 27.6. The molecule has 0 unspecified atom stereocenters. The number of piperidine rings is 2. The van der Waals surface area contributed by atoms with Crippen LogP contribution >= 0.6 is 0 Å². The average Bonchev–Trinajstić information content (AvgIpc) is 3.02. The Bertz CT molecular complexity index is 1480. The quantitative estimate of drug-likeness (QED) is 0.409. The van der Waals surface area contributed by atoms with Gasteiger partial charge in [-0.2, -0.15) is 23.7 Å². The number of anilines is 2. The number of nitrogens with zero attached hydrogens (tertiary/aromatic N) is 5. The predicted octanol–water partition coefficient (Wildman–Crippen LogP) is 5.78. The predicted molar refractivity (Wildman–Crippen MR) is 174 cm³/mol. The summed E-state index contributed by atoms with van der Waals surface area (Å²) >= 11 is 0. The minimum Gasteiger partial charge on any atom is -0.475 e.